The predicted octanol–water partition coefficient (Wildman–Crippen LogP) is 5.90. The maximum absolute atomic E-state index is 15.7. The molecule has 0 N–H and O–H groups in total. The maximum atomic E-state index is 15.7. The maximum Gasteiger partial charge on any atom is 0.336 e. The average Bonchev–Trinajstić information content (AvgIpc) is 3.39. The van der Waals surface area contributed by atoms with Gasteiger partial charge in [-0.2, -0.15) is 0 Å². The van der Waals surface area contributed by atoms with Crippen molar-refractivity contribution in [1.82, 2.24) is 0 Å². The molecule has 1 saturated carbocycles. The number of esters is 1. The van der Waals surface area contributed by atoms with E-state index in [9.17, 15) is 4.79 Å². The minimum atomic E-state index is -3.26. The fraction of sp³-hybridized carbons (Fsp3) is 0.276. The molecule has 0 radical (unpaired) electrons. The molecule has 4 nitrogen and oxygen atoms in total. The van der Waals surface area contributed by atoms with Crippen molar-refractivity contribution in [3.63, 3.8) is 0 Å². The van der Waals surface area contributed by atoms with Gasteiger partial charge in [-0.15, -0.1) is 0 Å². The number of carbonyl (C=O) groups is 1. The second-order valence-electron chi connectivity index (χ2n) is 8.45. The van der Waals surface area contributed by atoms with Gasteiger partial charge in [0.15, 0.2) is 6.10 Å². The molecule has 1 aliphatic carbocycles. The molecule has 2 atom stereocenters. The van der Waals surface area contributed by atoms with E-state index in [0.717, 1.165) is 11.1 Å². The minimum absolute atomic E-state index is 0.0360. The van der Waals surface area contributed by atoms with E-state index in [1.54, 1.807) is 67.8 Å². The number of benzene rings is 3. The number of carbonyl (C=O) groups excluding carboxylic acids is 1. The summed E-state index contributed by atoms with van der Waals surface area (Å²) in [6.45, 7) is -0.0360. The fourth-order valence-corrected chi connectivity index (χ4v) is 4.58. The molecule has 1 fully saturated rings. The molecule has 0 heterocycles. The Morgan fingerprint density at radius 3 is 2.11 bits per heavy atom. The van der Waals surface area contributed by atoms with Gasteiger partial charge >= 0.3 is 5.97 Å². The standard InChI is InChI=1S/C29H28F2O4/c1-33-24-18-16-22(17-19-24)20-35-26(27(32)34-2)28(23-13-7-4-8-14-23)25(29(28,30)31)15-9-12-21-10-5-3-6-11-21/h3-8,10-11,13-19,26H,9,12,20H2,1-2H3/b25-15-/t26-,28-/m1/s1. The molecule has 0 spiro atoms. The first-order valence-electron chi connectivity index (χ1n) is 11.5. The zero-order chi connectivity index (χ0) is 24.9. The second-order valence-corrected chi connectivity index (χ2v) is 8.45. The summed E-state index contributed by atoms with van der Waals surface area (Å²) < 4.78 is 47.5. The molecule has 0 aromatic heterocycles. The fourth-order valence-electron chi connectivity index (χ4n) is 4.58. The van der Waals surface area contributed by atoms with E-state index in [1.165, 1.54) is 7.11 Å². The first-order valence-corrected chi connectivity index (χ1v) is 11.5. The lowest BCUT2D eigenvalue weighted by Crippen LogP contribution is -2.41. The predicted molar refractivity (Wildman–Crippen MR) is 130 cm³/mol. The van der Waals surface area contributed by atoms with Gasteiger partial charge in [0.2, 0.25) is 0 Å². The van der Waals surface area contributed by atoms with Crippen molar-refractivity contribution in [3.05, 3.63) is 113 Å². The molecule has 0 amide bonds. The lowest BCUT2D eigenvalue weighted by molar-refractivity contribution is -0.160. The van der Waals surface area contributed by atoms with Gasteiger partial charge in [-0.3, -0.25) is 0 Å². The van der Waals surface area contributed by atoms with Crippen LogP contribution in [0.1, 0.15) is 23.1 Å². The van der Waals surface area contributed by atoms with Crippen molar-refractivity contribution in [2.75, 3.05) is 14.2 Å². The first kappa shape index (κ1) is 24.6. The highest BCUT2D eigenvalue weighted by molar-refractivity contribution is 5.83. The molecule has 1 aliphatic rings. The number of aryl methyl sites for hydroxylation is 1. The number of alkyl halides is 2. The highest BCUT2D eigenvalue weighted by atomic mass is 19.3. The Morgan fingerprint density at radius 2 is 1.51 bits per heavy atom. The van der Waals surface area contributed by atoms with E-state index in [4.69, 9.17) is 14.2 Å². The number of hydrogen-bond acceptors (Lipinski definition) is 4. The van der Waals surface area contributed by atoms with Gasteiger partial charge in [-0.25, -0.2) is 13.6 Å². The number of rotatable bonds is 10. The van der Waals surface area contributed by atoms with Crippen LogP contribution >= 0.6 is 0 Å². The Bertz CT molecular complexity index is 1160. The van der Waals surface area contributed by atoms with Gasteiger partial charge in [0.05, 0.1) is 20.8 Å². The lowest BCUT2D eigenvalue weighted by atomic mass is 9.87. The van der Waals surface area contributed by atoms with Crippen LogP contribution in [0.25, 0.3) is 0 Å². The third-order valence-electron chi connectivity index (χ3n) is 6.43. The second kappa shape index (κ2) is 10.4. The Hall–Kier alpha value is -3.51. The molecule has 4 rings (SSSR count). The van der Waals surface area contributed by atoms with E-state index < -0.39 is 23.4 Å². The molecule has 0 aliphatic heterocycles. The Kier molecular flexibility index (Phi) is 7.31. The summed E-state index contributed by atoms with van der Waals surface area (Å²) in [5, 5.41) is 0. The van der Waals surface area contributed by atoms with E-state index in [2.05, 4.69) is 0 Å². The van der Waals surface area contributed by atoms with Crippen molar-refractivity contribution < 1.29 is 27.8 Å². The van der Waals surface area contributed by atoms with E-state index >= 15 is 8.78 Å². The largest absolute Gasteiger partial charge is 0.497 e. The lowest BCUT2D eigenvalue weighted by Gasteiger charge is -2.25. The van der Waals surface area contributed by atoms with Crippen LogP contribution in [0.3, 0.4) is 0 Å². The number of allylic oxidation sites excluding steroid dienone is 1. The van der Waals surface area contributed by atoms with Crippen molar-refractivity contribution in [2.24, 2.45) is 0 Å². The van der Waals surface area contributed by atoms with Crippen LogP contribution in [0, 0.1) is 0 Å². The van der Waals surface area contributed by atoms with Gasteiger partial charge in [-0.05, 0) is 41.7 Å². The van der Waals surface area contributed by atoms with Crippen molar-refractivity contribution in [2.45, 2.75) is 36.9 Å². The van der Waals surface area contributed by atoms with Crippen LogP contribution in [-0.4, -0.2) is 32.2 Å². The first-order chi connectivity index (χ1) is 16.9. The highest BCUT2D eigenvalue weighted by Crippen LogP contribution is 2.69. The van der Waals surface area contributed by atoms with Crippen LogP contribution in [0.4, 0.5) is 8.78 Å². The molecule has 3 aromatic rings. The quantitative estimate of drug-likeness (QED) is 0.269. The van der Waals surface area contributed by atoms with Crippen LogP contribution in [0.2, 0.25) is 0 Å². The molecule has 6 heteroatoms. The topological polar surface area (TPSA) is 44.8 Å². The highest BCUT2D eigenvalue weighted by Gasteiger charge is 2.82. The third-order valence-corrected chi connectivity index (χ3v) is 6.43. The normalized spacial score (nSPS) is 20.3. The number of halogens is 2. The van der Waals surface area contributed by atoms with E-state index in [-0.39, 0.29) is 12.2 Å². The monoisotopic (exact) mass is 478 g/mol. The molecule has 0 unspecified atom stereocenters. The third kappa shape index (κ3) is 4.71. The minimum Gasteiger partial charge on any atom is -0.497 e. The Balaban J connectivity index is 1.67. The Labute approximate surface area is 204 Å². The average molecular weight is 479 g/mol. The molecular formula is C29H28F2O4. The van der Waals surface area contributed by atoms with Gasteiger partial charge in [0, 0.05) is 5.57 Å². The van der Waals surface area contributed by atoms with Gasteiger partial charge in [0.25, 0.3) is 5.92 Å². The summed E-state index contributed by atoms with van der Waals surface area (Å²) in [5.41, 5.74) is 0.0589. The SMILES string of the molecule is COC(=O)[C@@H](OCc1ccc(OC)cc1)[C@@]1(c2ccccc2)/C(=C/CCc2ccccc2)C1(F)F. The summed E-state index contributed by atoms with van der Waals surface area (Å²) in [5.74, 6) is -3.44. The van der Waals surface area contributed by atoms with Crippen molar-refractivity contribution in [1.29, 1.82) is 0 Å². The van der Waals surface area contributed by atoms with Gasteiger partial charge < -0.3 is 14.2 Å². The number of hydrogen-bond donors (Lipinski definition) is 0. The van der Waals surface area contributed by atoms with Crippen LogP contribution in [-0.2, 0) is 32.7 Å². The van der Waals surface area contributed by atoms with E-state index in [0.29, 0.717) is 24.2 Å². The van der Waals surface area contributed by atoms with Crippen molar-refractivity contribution in [3.8, 4) is 5.75 Å². The molecule has 35 heavy (non-hydrogen) atoms. The Morgan fingerprint density at radius 1 is 0.886 bits per heavy atom. The molecule has 0 saturated heterocycles. The zero-order valence-corrected chi connectivity index (χ0v) is 19.7. The molecular weight excluding hydrogens is 450 g/mol. The smallest absolute Gasteiger partial charge is 0.336 e. The number of ether oxygens (including phenoxy) is 3. The van der Waals surface area contributed by atoms with Gasteiger partial charge in [-0.1, -0.05) is 78.9 Å². The van der Waals surface area contributed by atoms with E-state index in [1.807, 2.05) is 30.3 Å². The summed E-state index contributed by atoms with van der Waals surface area (Å²) in [6, 6.07) is 25.1. The van der Waals surface area contributed by atoms with Crippen LogP contribution < -0.4 is 4.74 Å². The molecule has 3 aromatic carbocycles. The molecule has 182 valence electrons. The summed E-state index contributed by atoms with van der Waals surface area (Å²) >= 11 is 0. The summed E-state index contributed by atoms with van der Waals surface area (Å²) in [7, 11) is 2.74. The number of methoxy groups -OCH3 is 2. The van der Waals surface area contributed by atoms with Gasteiger partial charge in [0.1, 0.15) is 11.2 Å². The van der Waals surface area contributed by atoms with Crippen LogP contribution in [0.5, 0.6) is 5.75 Å². The molecule has 0 bridgehead atoms. The van der Waals surface area contributed by atoms with Crippen LogP contribution in [0.15, 0.2) is 96.6 Å². The van der Waals surface area contributed by atoms with Crippen molar-refractivity contribution >= 4 is 5.97 Å². The summed E-state index contributed by atoms with van der Waals surface area (Å²) in [4.78, 5) is 12.9. The zero-order valence-electron chi connectivity index (χ0n) is 19.7. The summed E-state index contributed by atoms with van der Waals surface area (Å²) in [6.07, 6.45) is 1.05.